The van der Waals surface area contributed by atoms with Crippen molar-refractivity contribution in [2.24, 2.45) is 11.3 Å². The van der Waals surface area contributed by atoms with Crippen LogP contribution < -0.4 is 0 Å². The van der Waals surface area contributed by atoms with Gasteiger partial charge in [-0.25, -0.2) is 4.68 Å². The topological polar surface area (TPSA) is 51.0 Å². The second kappa shape index (κ2) is 3.91. The van der Waals surface area contributed by atoms with Crippen molar-refractivity contribution in [2.75, 3.05) is 13.1 Å². The van der Waals surface area contributed by atoms with Crippen LogP contribution in [0.1, 0.15) is 23.8 Å². The predicted molar refractivity (Wildman–Crippen MR) is 73.5 cm³/mol. The molecule has 0 spiro atoms. The van der Waals surface area contributed by atoms with Crippen LogP contribution in [0.15, 0.2) is 36.5 Å². The molecule has 1 saturated heterocycles. The van der Waals surface area contributed by atoms with Crippen LogP contribution in [0.5, 0.6) is 0 Å². The maximum atomic E-state index is 12.4. The van der Waals surface area contributed by atoms with Gasteiger partial charge in [0.25, 0.3) is 5.91 Å². The number of hydrogen-bond donors (Lipinski definition) is 0. The van der Waals surface area contributed by atoms with Crippen molar-refractivity contribution in [2.45, 2.75) is 13.3 Å². The highest BCUT2D eigenvalue weighted by atomic mass is 16.2. The number of likely N-dealkylation sites (tertiary alicyclic amines) is 1. The van der Waals surface area contributed by atoms with Gasteiger partial charge in [-0.1, -0.05) is 30.3 Å². The van der Waals surface area contributed by atoms with E-state index in [-0.39, 0.29) is 5.91 Å². The van der Waals surface area contributed by atoms with E-state index in [1.54, 1.807) is 10.9 Å². The lowest BCUT2D eigenvalue weighted by molar-refractivity contribution is 0.0761. The second-order valence-corrected chi connectivity index (χ2v) is 6.12. The zero-order valence-electron chi connectivity index (χ0n) is 11.4. The molecule has 102 valence electrons. The van der Waals surface area contributed by atoms with E-state index < -0.39 is 0 Å². The van der Waals surface area contributed by atoms with Crippen LogP contribution >= 0.6 is 0 Å². The van der Waals surface area contributed by atoms with Crippen LogP contribution in [0.3, 0.4) is 0 Å². The van der Waals surface area contributed by atoms with E-state index in [1.807, 2.05) is 35.2 Å². The molecular weight excluding hydrogens is 252 g/mol. The number of para-hydroxylation sites is 1. The summed E-state index contributed by atoms with van der Waals surface area (Å²) in [7, 11) is 0. The summed E-state index contributed by atoms with van der Waals surface area (Å²) >= 11 is 0. The van der Waals surface area contributed by atoms with Crippen LogP contribution in [0.4, 0.5) is 0 Å². The molecule has 1 aromatic carbocycles. The van der Waals surface area contributed by atoms with E-state index in [4.69, 9.17) is 0 Å². The average molecular weight is 268 g/mol. The lowest BCUT2D eigenvalue weighted by atomic mass is 10.1. The van der Waals surface area contributed by atoms with Crippen LogP contribution in [-0.2, 0) is 0 Å². The third-order valence-electron chi connectivity index (χ3n) is 4.55. The Morgan fingerprint density at radius 2 is 2.15 bits per heavy atom. The van der Waals surface area contributed by atoms with Gasteiger partial charge >= 0.3 is 0 Å². The third-order valence-corrected chi connectivity index (χ3v) is 4.55. The Balaban J connectivity index is 1.55. The Kier molecular flexibility index (Phi) is 2.28. The molecule has 1 aromatic heterocycles. The van der Waals surface area contributed by atoms with Crippen LogP contribution in [0.25, 0.3) is 5.69 Å². The van der Waals surface area contributed by atoms with Crippen molar-refractivity contribution in [3.8, 4) is 5.69 Å². The maximum absolute atomic E-state index is 12.4. The van der Waals surface area contributed by atoms with E-state index >= 15 is 0 Å². The average Bonchev–Trinajstić information content (AvgIpc) is 2.87. The summed E-state index contributed by atoms with van der Waals surface area (Å²) < 4.78 is 1.64. The van der Waals surface area contributed by atoms with Crippen LogP contribution in [0, 0.1) is 11.3 Å². The van der Waals surface area contributed by atoms with E-state index in [2.05, 4.69) is 17.2 Å². The number of carbonyl (C=O) groups excluding carboxylic acids is 1. The summed E-state index contributed by atoms with van der Waals surface area (Å²) in [6.45, 7) is 3.98. The van der Waals surface area contributed by atoms with Gasteiger partial charge < -0.3 is 4.90 Å². The second-order valence-electron chi connectivity index (χ2n) is 6.12. The van der Waals surface area contributed by atoms with Gasteiger partial charge in [0, 0.05) is 13.1 Å². The predicted octanol–water partition coefficient (Wildman–Crippen LogP) is 1.75. The highest BCUT2D eigenvalue weighted by Gasteiger charge is 2.57. The summed E-state index contributed by atoms with van der Waals surface area (Å²) in [6, 6.07) is 9.70. The number of rotatable bonds is 2. The van der Waals surface area contributed by atoms with Gasteiger partial charge in [0.2, 0.25) is 0 Å². The molecule has 2 unspecified atom stereocenters. The number of nitrogens with zero attached hydrogens (tertiary/aromatic N) is 4. The molecule has 2 aliphatic rings. The first-order valence-corrected chi connectivity index (χ1v) is 6.93. The van der Waals surface area contributed by atoms with Crippen molar-refractivity contribution < 1.29 is 4.79 Å². The molecule has 1 amide bonds. The molecule has 0 radical (unpaired) electrons. The Hall–Kier alpha value is -2.17. The molecule has 0 bridgehead atoms. The minimum atomic E-state index is 0.000561. The van der Waals surface area contributed by atoms with E-state index in [0.29, 0.717) is 17.0 Å². The summed E-state index contributed by atoms with van der Waals surface area (Å²) in [4.78, 5) is 14.3. The van der Waals surface area contributed by atoms with Crippen molar-refractivity contribution in [1.82, 2.24) is 19.9 Å². The van der Waals surface area contributed by atoms with E-state index in [9.17, 15) is 4.79 Å². The third kappa shape index (κ3) is 1.73. The lowest BCUT2D eigenvalue weighted by Crippen LogP contribution is -2.31. The molecule has 4 rings (SSSR count). The largest absolute Gasteiger partial charge is 0.336 e. The fourth-order valence-electron chi connectivity index (χ4n) is 3.13. The summed E-state index contributed by atoms with van der Waals surface area (Å²) in [5.74, 6) is 0.691. The van der Waals surface area contributed by atoms with E-state index in [1.165, 1.54) is 6.42 Å². The number of hydrogen-bond acceptors (Lipinski definition) is 3. The summed E-state index contributed by atoms with van der Waals surface area (Å²) in [5.41, 5.74) is 1.71. The quantitative estimate of drug-likeness (QED) is 0.833. The van der Waals surface area contributed by atoms with Gasteiger partial charge in [-0.15, -0.1) is 5.10 Å². The Bertz CT molecular complexity index is 666. The van der Waals surface area contributed by atoms with Crippen LogP contribution in [-0.4, -0.2) is 38.9 Å². The number of fused-ring (bicyclic) bond motifs is 1. The molecule has 5 heteroatoms. The highest BCUT2D eigenvalue weighted by Crippen LogP contribution is 2.57. The number of amides is 1. The fraction of sp³-hybridized carbons (Fsp3) is 0.400. The number of piperidine rings is 1. The minimum absolute atomic E-state index is 0.000561. The molecule has 20 heavy (non-hydrogen) atoms. The lowest BCUT2D eigenvalue weighted by Gasteiger charge is -2.17. The minimum Gasteiger partial charge on any atom is -0.336 e. The first kappa shape index (κ1) is 11.6. The molecule has 1 aliphatic carbocycles. The Morgan fingerprint density at radius 1 is 1.35 bits per heavy atom. The van der Waals surface area contributed by atoms with E-state index in [0.717, 1.165) is 18.8 Å². The van der Waals surface area contributed by atoms with Gasteiger partial charge in [0.1, 0.15) is 0 Å². The van der Waals surface area contributed by atoms with Crippen molar-refractivity contribution in [3.05, 3.63) is 42.2 Å². The molecule has 1 aliphatic heterocycles. The molecule has 2 fully saturated rings. The zero-order chi connectivity index (χ0) is 13.7. The van der Waals surface area contributed by atoms with Gasteiger partial charge in [0.15, 0.2) is 5.69 Å². The molecule has 2 aromatic rings. The molecular formula is C15H16N4O. The zero-order valence-corrected chi connectivity index (χ0v) is 11.4. The first-order chi connectivity index (χ1) is 9.66. The number of aromatic nitrogens is 3. The number of benzene rings is 1. The van der Waals surface area contributed by atoms with Crippen LogP contribution in [0.2, 0.25) is 0 Å². The smallest absolute Gasteiger partial charge is 0.276 e. The first-order valence-electron chi connectivity index (χ1n) is 6.93. The standard InChI is InChI=1S/C15H16N4O/c1-15-7-11(15)8-18(10-15)14(20)13-9-19(17-16-13)12-5-3-2-4-6-12/h2-6,9,11H,7-8,10H2,1H3. The van der Waals surface area contributed by atoms with Gasteiger partial charge in [-0.05, 0) is 29.9 Å². The van der Waals surface area contributed by atoms with Gasteiger partial charge in [-0.2, -0.15) is 0 Å². The molecule has 2 atom stereocenters. The normalized spacial score (nSPS) is 27.4. The molecule has 5 nitrogen and oxygen atoms in total. The summed E-state index contributed by atoms with van der Waals surface area (Å²) in [5, 5.41) is 8.07. The monoisotopic (exact) mass is 268 g/mol. The van der Waals surface area contributed by atoms with Crippen molar-refractivity contribution in [3.63, 3.8) is 0 Å². The SMILES string of the molecule is CC12CC1CN(C(=O)c1cn(-c3ccccc3)nn1)C2. The fourth-order valence-corrected chi connectivity index (χ4v) is 3.13. The van der Waals surface area contributed by atoms with Gasteiger partial charge in [-0.3, -0.25) is 4.79 Å². The highest BCUT2D eigenvalue weighted by molar-refractivity contribution is 5.92. The number of carbonyl (C=O) groups is 1. The molecule has 2 heterocycles. The Morgan fingerprint density at radius 3 is 2.85 bits per heavy atom. The van der Waals surface area contributed by atoms with Gasteiger partial charge in [0.05, 0.1) is 11.9 Å². The van der Waals surface area contributed by atoms with Crippen molar-refractivity contribution in [1.29, 1.82) is 0 Å². The Labute approximate surface area is 117 Å². The molecule has 0 N–H and O–H groups in total. The summed E-state index contributed by atoms with van der Waals surface area (Å²) in [6.07, 6.45) is 2.97. The maximum Gasteiger partial charge on any atom is 0.276 e. The van der Waals surface area contributed by atoms with Crippen molar-refractivity contribution >= 4 is 5.91 Å². The molecule has 1 saturated carbocycles.